The Bertz CT molecular complexity index is 747. The van der Waals surface area contributed by atoms with Crippen LogP contribution in [-0.4, -0.2) is 92.2 Å². The van der Waals surface area contributed by atoms with E-state index in [4.69, 9.17) is 4.74 Å². The van der Waals surface area contributed by atoms with E-state index in [0.29, 0.717) is 51.0 Å². The van der Waals surface area contributed by atoms with Crippen LogP contribution in [0.2, 0.25) is 0 Å². The predicted octanol–water partition coefficient (Wildman–Crippen LogP) is 2.19. The Morgan fingerprint density at radius 1 is 1.26 bits per heavy atom. The summed E-state index contributed by atoms with van der Waals surface area (Å²) < 4.78 is 44.4. The number of aliphatic imine (C=N–C) groups is 1. The van der Waals surface area contributed by atoms with Gasteiger partial charge in [-0.2, -0.15) is 13.2 Å². The van der Waals surface area contributed by atoms with Gasteiger partial charge in [0.1, 0.15) is 11.8 Å². The first-order valence-corrected chi connectivity index (χ1v) is 10.4. The number of halogens is 3. The molecular weight excluding hydrogens is 411 g/mol. The molecule has 0 bridgehead atoms. The molecule has 1 unspecified atom stereocenters. The van der Waals surface area contributed by atoms with Gasteiger partial charge in [0.15, 0.2) is 12.6 Å². The third kappa shape index (κ3) is 7.61. The molecule has 10 heteroatoms. The predicted molar refractivity (Wildman–Crippen MR) is 114 cm³/mol. The number of ether oxygens (including phenoxy) is 1. The second-order valence-electron chi connectivity index (χ2n) is 7.64. The van der Waals surface area contributed by atoms with Gasteiger partial charge in [-0.1, -0.05) is 12.1 Å². The third-order valence-corrected chi connectivity index (χ3v) is 5.14. The van der Waals surface area contributed by atoms with Gasteiger partial charge in [-0.05, 0) is 31.5 Å². The monoisotopic (exact) mass is 443 g/mol. The highest BCUT2D eigenvalue weighted by molar-refractivity contribution is 5.80. The van der Waals surface area contributed by atoms with Crippen molar-refractivity contribution in [2.24, 2.45) is 4.99 Å². The average Bonchev–Trinajstić information content (AvgIpc) is 2.74. The van der Waals surface area contributed by atoms with E-state index in [1.807, 2.05) is 30.0 Å². The average molecular weight is 444 g/mol. The summed E-state index contributed by atoms with van der Waals surface area (Å²) in [7, 11) is 3.34. The van der Waals surface area contributed by atoms with Crippen LogP contribution in [0.15, 0.2) is 29.3 Å². The molecule has 2 rings (SSSR count). The van der Waals surface area contributed by atoms with Gasteiger partial charge in [0.25, 0.3) is 5.91 Å². The number of guanidine groups is 1. The highest BCUT2D eigenvalue weighted by atomic mass is 19.4. The zero-order valence-electron chi connectivity index (χ0n) is 18.6. The Hall–Kier alpha value is -2.49. The smallest absolute Gasteiger partial charge is 0.403 e. The van der Waals surface area contributed by atoms with Gasteiger partial charge < -0.3 is 19.9 Å². The van der Waals surface area contributed by atoms with Crippen molar-refractivity contribution >= 4 is 11.9 Å². The zero-order valence-corrected chi connectivity index (χ0v) is 18.6. The summed E-state index contributed by atoms with van der Waals surface area (Å²) in [6.07, 6.45) is -4.22. The number of hydrogen-bond donors (Lipinski definition) is 1. The number of nitrogens with zero attached hydrogens (tertiary/aromatic N) is 4. The van der Waals surface area contributed by atoms with Crippen LogP contribution < -0.4 is 10.1 Å². The molecule has 0 aromatic heterocycles. The molecule has 1 aliphatic heterocycles. The molecule has 1 aliphatic rings. The number of carbonyl (C=O) groups is 1. The molecule has 1 N–H and O–H groups in total. The molecule has 1 atom stereocenters. The van der Waals surface area contributed by atoms with E-state index in [9.17, 15) is 18.0 Å². The largest absolute Gasteiger partial charge is 0.484 e. The summed E-state index contributed by atoms with van der Waals surface area (Å²) in [6.45, 7) is 5.77. The minimum Gasteiger partial charge on any atom is -0.484 e. The number of rotatable bonds is 7. The summed E-state index contributed by atoms with van der Waals surface area (Å²) in [6, 6.07) is 5.92. The molecule has 1 heterocycles. The van der Waals surface area contributed by atoms with Gasteiger partial charge in [-0.3, -0.25) is 9.69 Å². The first kappa shape index (κ1) is 24.8. The molecule has 1 saturated heterocycles. The number of piperazine rings is 1. The van der Waals surface area contributed by atoms with Gasteiger partial charge in [-0.25, -0.2) is 4.99 Å². The lowest BCUT2D eigenvalue weighted by molar-refractivity contribution is -0.181. The van der Waals surface area contributed by atoms with Crippen molar-refractivity contribution in [3.63, 3.8) is 0 Å². The number of amides is 1. The molecule has 0 spiro atoms. The Balaban J connectivity index is 1.97. The standard InChI is InChI=1S/C21H32F3N5O2/c1-5-25-20(29-11-9-28(10-12-29)16(2)21(22,23)24)26-14-17-7-6-8-18(13-17)31-15-19(30)27(3)4/h6-8,13,16H,5,9-12,14-15H2,1-4H3,(H,25,26). The van der Waals surface area contributed by atoms with E-state index in [0.717, 1.165) is 5.56 Å². The normalized spacial score (nSPS) is 16.7. The van der Waals surface area contributed by atoms with Crippen LogP contribution in [-0.2, 0) is 11.3 Å². The van der Waals surface area contributed by atoms with E-state index in [1.54, 1.807) is 20.2 Å². The fourth-order valence-corrected chi connectivity index (χ4v) is 3.13. The maximum absolute atomic E-state index is 13.0. The van der Waals surface area contributed by atoms with Crippen LogP contribution in [0.3, 0.4) is 0 Å². The number of hydrogen-bond acceptors (Lipinski definition) is 4. The number of carbonyl (C=O) groups excluding carboxylic acids is 1. The fourth-order valence-electron chi connectivity index (χ4n) is 3.13. The van der Waals surface area contributed by atoms with E-state index < -0.39 is 12.2 Å². The molecule has 1 aromatic carbocycles. The third-order valence-electron chi connectivity index (χ3n) is 5.14. The minimum atomic E-state index is -4.22. The molecule has 1 fully saturated rings. The Kier molecular flexibility index (Phi) is 8.97. The van der Waals surface area contributed by atoms with E-state index >= 15 is 0 Å². The first-order valence-electron chi connectivity index (χ1n) is 10.4. The van der Waals surface area contributed by atoms with Crippen molar-refractivity contribution in [3.05, 3.63) is 29.8 Å². The number of nitrogens with one attached hydrogen (secondary N) is 1. The molecule has 7 nitrogen and oxygen atoms in total. The lowest BCUT2D eigenvalue weighted by Gasteiger charge is -2.39. The molecule has 31 heavy (non-hydrogen) atoms. The van der Waals surface area contributed by atoms with Gasteiger partial charge >= 0.3 is 6.18 Å². The summed E-state index contributed by atoms with van der Waals surface area (Å²) in [5.74, 6) is 1.13. The highest BCUT2D eigenvalue weighted by Crippen LogP contribution is 2.25. The number of benzene rings is 1. The van der Waals surface area contributed by atoms with Crippen molar-refractivity contribution in [3.8, 4) is 5.75 Å². The highest BCUT2D eigenvalue weighted by Gasteiger charge is 2.41. The van der Waals surface area contributed by atoms with Gasteiger partial charge in [-0.15, -0.1) is 0 Å². The quantitative estimate of drug-likeness (QED) is 0.517. The minimum absolute atomic E-state index is 0.0387. The molecular formula is C21H32F3N5O2. The van der Waals surface area contributed by atoms with Crippen molar-refractivity contribution in [2.45, 2.75) is 32.6 Å². The van der Waals surface area contributed by atoms with Gasteiger partial charge in [0, 0.05) is 46.8 Å². The van der Waals surface area contributed by atoms with Crippen molar-refractivity contribution < 1.29 is 22.7 Å². The number of likely N-dealkylation sites (N-methyl/N-ethyl adjacent to an activating group) is 1. The summed E-state index contributed by atoms with van der Waals surface area (Å²) in [4.78, 5) is 21.2. The van der Waals surface area contributed by atoms with Crippen LogP contribution in [0.1, 0.15) is 19.4 Å². The van der Waals surface area contributed by atoms with Crippen molar-refractivity contribution in [1.29, 1.82) is 0 Å². The summed E-state index contributed by atoms with van der Waals surface area (Å²) >= 11 is 0. The molecule has 0 radical (unpaired) electrons. The molecule has 0 aliphatic carbocycles. The van der Waals surface area contributed by atoms with Crippen LogP contribution >= 0.6 is 0 Å². The van der Waals surface area contributed by atoms with Gasteiger partial charge in [0.05, 0.1) is 6.54 Å². The number of alkyl halides is 3. The van der Waals surface area contributed by atoms with Crippen molar-refractivity contribution in [1.82, 2.24) is 20.0 Å². The second-order valence-corrected chi connectivity index (χ2v) is 7.64. The maximum atomic E-state index is 13.0. The second kappa shape index (κ2) is 11.2. The lowest BCUT2D eigenvalue weighted by Crippen LogP contribution is -2.56. The van der Waals surface area contributed by atoms with E-state index in [1.165, 1.54) is 16.7 Å². The first-order chi connectivity index (χ1) is 14.6. The summed E-state index contributed by atoms with van der Waals surface area (Å²) in [5.41, 5.74) is 0.912. The molecule has 1 amide bonds. The Morgan fingerprint density at radius 3 is 2.52 bits per heavy atom. The Labute approximate surface area is 181 Å². The van der Waals surface area contributed by atoms with E-state index in [2.05, 4.69) is 10.3 Å². The van der Waals surface area contributed by atoms with E-state index in [-0.39, 0.29) is 12.5 Å². The SMILES string of the molecule is CCNC(=NCc1cccc(OCC(=O)N(C)C)c1)N1CCN(C(C)C(F)(F)F)CC1. The molecule has 1 aromatic rings. The molecule has 0 saturated carbocycles. The maximum Gasteiger partial charge on any atom is 0.403 e. The van der Waals surface area contributed by atoms with Crippen LogP contribution in [0.5, 0.6) is 5.75 Å². The zero-order chi connectivity index (χ0) is 23.0. The fraction of sp³-hybridized carbons (Fsp3) is 0.619. The molecule has 174 valence electrons. The van der Waals surface area contributed by atoms with Crippen LogP contribution in [0, 0.1) is 0 Å². The summed E-state index contributed by atoms with van der Waals surface area (Å²) in [5, 5.41) is 3.22. The Morgan fingerprint density at radius 2 is 1.94 bits per heavy atom. The lowest BCUT2D eigenvalue weighted by atomic mass is 10.2. The van der Waals surface area contributed by atoms with Gasteiger partial charge in [0.2, 0.25) is 0 Å². The van der Waals surface area contributed by atoms with Crippen LogP contribution in [0.25, 0.3) is 0 Å². The van der Waals surface area contributed by atoms with Crippen molar-refractivity contribution in [2.75, 3.05) is 53.4 Å². The topological polar surface area (TPSA) is 60.4 Å². The van der Waals surface area contributed by atoms with Crippen LogP contribution in [0.4, 0.5) is 13.2 Å².